The Bertz CT molecular complexity index is 593. The molecule has 0 aliphatic carbocycles. The number of methoxy groups -OCH3 is 2. The van der Waals surface area contributed by atoms with Crippen LogP contribution >= 0.6 is 31.9 Å². The zero-order valence-electron chi connectivity index (χ0n) is 14.6. The summed E-state index contributed by atoms with van der Waals surface area (Å²) < 4.78 is 19.3. The van der Waals surface area contributed by atoms with Crippen LogP contribution in [0.25, 0.3) is 0 Å². The van der Waals surface area contributed by atoms with Crippen molar-refractivity contribution in [2.45, 2.75) is 25.0 Å². The number of hydrogen-bond donors (Lipinski definition) is 0. The first-order chi connectivity index (χ1) is 12.1. The molecular formula is C20H24Br2O3. The van der Waals surface area contributed by atoms with Gasteiger partial charge in [0.05, 0.1) is 25.4 Å². The van der Waals surface area contributed by atoms with Crippen molar-refractivity contribution in [3.8, 4) is 0 Å². The Morgan fingerprint density at radius 2 is 1.12 bits per heavy atom. The van der Waals surface area contributed by atoms with Gasteiger partial charge in [0.2, 0.25) is 0 Å². The minimum atomic E-state index is -0.0358. The molecule has 2 aromatic rings. The number of ether oxygens (including phenoxy) is 3. The molecule has 25 heavy (non-hydrogen) atoms. The van der Waals surface area contributed by atoms with Crippen LogP contribution in [0.5, 0.6) is 0 Å². The molecule has 0 aliphatic heterocycles. The van der Waals surface area contributed by atoms with Crippen molar-refractivity contribution in [2.24, 2.45) is 0 Å². The van der Waals surface area contributed by atoms with Gasteiger partial charge in [-0.1, -0.05) is 68.3 Å². The molecule has 136 valence electrons. The molecule has 0 saturated carbocycles. The van der Waals surface area contributed by atoms with Crippen molar-refractivity contribution >= 4 is 31.9 Å². The minimum absolute atomic E-state index is 0.0358. The van der Waals surface area contributed by atoms with Gasteiger partial charge in [-0.05, 0) is 23.3 Å². The largest absolute Gasteiger partial charge is 0.382 e. The first-order valence-electron chi connectivity index (χ1n) is 8.24. The highest BCUT2D eigenvalue weighted by molar-refractivity contribution is 9.10. The molecule has 2 aromatic carbocycles. The van der Waals surface area contributed by atoms with Crippen LogP contribution in [0.15, 0.2) is 57.5 Å². The first-order valence-corrected chi connectivity index (χ1v) is 9.82. The maximum Gasteiger partial charge on any atom is 0.0854 e. The maximum atomic E-state index is 6.36. The summed E-state index contributed by atoms with van der Waals surface area (Å²) in [5, 5.41) is 0. The summed E-state index contributed by atoms with van der Waals surface area (Å²) in [4.78, 5) is 0. The van der Waals surface area contributed by atoms with Gasteiger partial charge in [-0.25, -0.2) is 0 Å². The molecule has 0 radical (unpaired) electrons. The monoisotopic (exact) mass is 470 g/mol. The molecule has 5 heteroatoms. The van der Waals surface area contributed by atoms with Gasteiger partial charge < -0.3 is 14.2 Å². The Balaban J connectivity index is 2.07. The Kier molecular flexibility index (Phi) is 9.13. The van der Waals surface area contributed by atoms with Gasteiger partial charge in [-0.15, -0.1) is 0 Å². The van der Waals surface area contributed by atoms with Gasteiger partial charge in [0.1, 0.15) is 0 Å². The first kappa shape index (κ1) is 20.6. The maximum absolute atomic E-state index is 6.36. The highest BCUT2D eigenvalue weighted by Crippen LogP contribution is 2.22. The van der Waals surface area contributed by atoms with E-state index in [1.807, 2.05) is 36.4 Å². The standard InChI is InChI=1S/C20H24Br2O3/c1-23-13-17(11-15-7-3-5-9-19(15)21)25-18(14-24-2)12-16-8-4-6-10-20(16)22/h3-10,17-18H,11-14H2,1-2H3. The molecule has 0 aromatic heterocycles. The number of rotatable bonds is 10. The Hall–Kier alpha value is -0.720. The molecule has 2 rings (SSSR count). The fourth-order valence-electron chi connectivity index (χ4n) is 2.76. The van der Waals surface area contributed by atoms with Crippen LogP contribution in [-0.2, 0) is 27.1 Å². The smallest absolute Gasteiger partial charge is 0.0854 e. The minimum Gasteiger partial charge on any atom is -0.382 e. The molecule has 0 fully saturated rings. The Labute approximate surface area is 166 Å². The van der Waals surface area contributed by atoms with Crippen molar-refractivity contribution in [3.63, 3.8) is 0 Å². The quantitative estimate of drug-likeness (QED) is 0.485. The summed E-state index contributed by atoms with van der Waals surface area (Å²) in [5.41, 5.74) is 2.42. The SMILES string of the molecule is COCC(Cc1ccccc1Br)OC(COC)Cc1ccccc1Br. The predicted octanol–water partition coefficient (Wildman–Crippen LogP) is 5.04. The van der Waals surface area contributed by atoms with E-state index in [1.165, 1.54) is 11.1 Å². The summed E-state index contributed by atoms with van der Waals surface area (Å²) in [5.74, 6) is 0. The zero-order chi connectivity index (χ0) is 18.1. The van der Waals surface area contributed by atoms with E-state index in [9.17, 15) is 0 Å². The van der Waals surface area contributed by atoms with Crippen LogP contribution in [-0.4, -0.2) is 39.6 Å². The van der Waals surface area contributed by atoms with E-state index in [1.54, 1.807) is 14.2 Å². The van der Waals surface area contributed by atoms with Crippen molar-refractivity contribution in [1.82, 2.24) is 0 Å². The molecule has 0 heterocycles. The lowest BCUT2D eigenvalue weighted by molar-refractivity contribution is -0.0723. The van der Waals surface area contributed by atoms with E-state index in [0.29, 0.717) is 13.2 Å². The van der Waals surface area contributed by atoms with E-state index in [0.717, 1.165) is 21.8 Å². The van der Waals surface area contributed by atoms with Crippen LogP contribution in [0.3, 0.4) is 0 Å². The number of benzene rings is 2. The lowest BCUT2D eigenvalue weighted by Crippen LogP contribution is -2.32. The summed E-state index contributed by atoms with van der Waals surface area (Å²) >= 11 is 7.22. The van der Waals surface area contributed by atoms with Crippen LogP contribution < -0.4 is 0 Å². The summed E-state index contributed by atoms with van der Waals surface area (Å²) in [6.45, 7) is 1.08. The van der Waals surface area contributed by atoms with Crippen LogP contribution in [0.1, 0.15) is 11.1 Å². The van der Waals surface area contributed by atoms with Crippen LogP contribution in [0, 0.1) is 0 Å². The zero-order valence-corrected chi connectivity index (χ0v) is 17.8. The summed E-state index contributed by atoms with van der Waals surface area (Å²) in [6, 6.07) is 16.4. The Morgan fingerprint density at radius 3 is 1.48 bits per heavy atom. The second-order valence-electron chi connectivity index (χ2n) is 5.88. The van der Waals surface area contributed by atoms with E-state index in [4.69, 9.17) is 14.2 Å². The van der Waals surface area contributed by atoms with Gasteiger partial charge in [0.15, 0.2) is 0 Å². The van der Waals surface area contributed by atoms with Crippen molar-refractivity contribution in [3.05, 3.63) is 68.6 Å². The Morgan fingerprint density at radius 1 is 0.720 bits per heavy atom. The van der Waals surface area contributed by atoms with Crippen LogP contribution in [0.2, 0.25) is 0 Å². The second-order valence-corrected chi connectivity index (χ2v) is 7.59. The van der Waals surface area contributed by atoms with Gasteiger partial charge in [-0.3, -0.25) is 0 Å². The highest BCUT2D eigenvalue weighted by Gasteiger charge is 2.19. The summed E-state index contributed by atoms with van der Waals surface area (Å²) in [6.07, 6.45) is 1.49. The molecular weight excluding hydrogens is 448 g/mol. The molecule has 0 amide bonds. The molecule has 0 saturated heterocycles. The normalized spacial score (nSPS) is 13.6. The number of hydrogen-bond acceptors (Lipinski definition) is 3. The van der Waals surface area contributed by atoms with Gasteiger partial charge in [0, 0.05) is 36.0 Å². The number of halogens is 2. The van der Waals surface area contributed by atoms with E-state index in [-0.39, 0.29) is 12.2 Å². The van der Waals surface area contributed by atoms with Crippen molar-refractivity contribution in [2.75, 3.05) is 27.4 Å². The average molecular weight is 472 g/mol. The average Bonchev–Trinajstić information content (AvgIpc) is 2.59. The molecule has 2 atom stereocenters. The third-order valence-electron chi connectivity index (χ3n) is 3.90. The van der Waals surface area contributed by atoms with E-state index < -0.39 is 0 Å². The van der Waals surface area contributed by atoms with Crippen molar-refractivity contribution < 1.29 is 14.2 Å². The highest BCUT2D eigenvalue weighted by atomic mass is 79.9. The van der Waals surface area contributed by atoms with Gasteiger partial charge >= 0.3 is 0 Å². The third kappa shape index (κ3) is 6.83. The molecule has 0 spiro atoms. The molecule has 0 N–H and O–H groups in total. The molecule has 2 unspecified atom stereocenters. The lowest BCUT2D eigenvalue weighted by Gasteiger charge is -2.25. The van der Waals surface area contributed by atoms with Gasteiger partial charge in [-0.2, -0.15) is 0 Å². The third-order valence-corrected chi connectivity index (χ3v) is 5.45. The summed E-state index contributed by atoms with van der Waals surface area (Å²) in [7, 11) is 3.41. The van der Waals surface area contributed by atoms with Crippen molar-refractivity contribution in [1.29, 1.82) is 0 Å². The van der Waals surface area contributed by atoms with E-state index >= 15 is 0 Å². The topological polar surface area (TPSA) is 27.7 Å². The predicted molar refractivity (Wildman–Crippen MR) is 108 cm³/mol. The van der Waals surface area contributed by atoms with E-state index in [2.05, 4.69) is 44.0 Å². The lowest BCUT2D eigenvalue weighted by atomic mass is 10.1. The molecule has 3 nitrogen and oxygen atoms in total. The second kappa shape index (κ2) is 11.1. The fraction of sp³-hybridized carbons (Fsp3) is 0.400. The molecule has 0 bridgehead atoms. The molecule has 0 aliphatic rings. The van der Waals surface area contributed by atoms with Crippen LogP contribution in [0.4, 0.5) is 0 Å². The van der Waals surface area contributed by atoms with Gasteiger partial charge in [0.25, 0.3) is 0 Å². The fourth-order valence-corrected chi connectivity index (χ4v) is 3.65.